The van der Waals surface area contributed by atoms with E-state index in [0.717, 1.165) is 24.4 Å². The Morgan fingerprint density at radius 2 is 2.08 bits per heavy atom. The van der Waals surface area contributed by atoms with E-state index in [-0.39, 0.29) is 12.5 Å². The summed E-state index contributed by atoms with van der Waals surface area (Å²) in [4.78, 5) is 13.8. The van der Waals surface area contributed by atoms with Crippen molar-refractivity contribution in [3.8, 4) is 0 Å². The van der Waals surface area contributed by atoms with Crippen LogP contribution >= 0.6 is 0 Å². The molecule has 4 nitrogen and oxygen atoms in total. The molecule has 2 atom stereocenters. The fraction of sp³-hybridized carbons (Fsp3) is 0.722. The summed E-state index contributed by atoms with van der Waals surface area (Å²) in [6.45, 7) is 3.79. The molecule has 24 heavy (non-hydrogen) atoms. The molecule has 1 aliphatic carbocycles. The first-order valence-electron chi connectivity index (χ1n) is 8.87. The number of furan rings is 1. The van der Waals surface area contributed by atoms with Crippen LogP contribution in [-0.4, -0.2) is 36.9 Å². The Hall–Kier alpha value is -1.43. The number of hydrogen-bond donors (Lipinski definition) is 1. The Bertz CT molecular complexity index is 553. The molecular weight excluding hydrogens is 314 g/mol. The molecule has 0 radical (unpaired) electrons. The number of hydrogen-bond acceptors (Lipinski definition) is 3. The van der Waals surface area contributed by atoms with Gasteiger partial charge in [0.15, 0.2) is 0 Å². The van der Waals surface area contributed by atoms with Gasteiger partial charge in [0.2, 0.25) is 5.91 Å². The van der Waals surface area contributed by atoms with Gasteiger partial charge in [0.05, 0.1) is 13.1 Å². The zero-order valence-corrected chi connectivity index (χ0v) is 14.1. The summed E-state index contributed by atoms with van der Waals surface area (Å²) >= 11 is 0. The molecule has 1 aromatic rings. The van der Waals surface area contributed by atoms with Crippen molar-refractivity contribution < 1.29 is 18.0 Å². The molecule has 1 saturated carbocycles. The van der Waals surface area contributed by atoms with Gasteiger partial charge in [0.1, 0.15) is 11.5 Å². The van der Waals surface area contributed by atoms with E-state index in [1.165, 1.54) is 6.42 Å². The predicted octanol–water partition coefficient (Wildman–Crippen LogP) is 3.39. The number of carbonyl (C=O) groups excluding carboxylic acids is 1. The van der Waals surface area contributed by atoms with Crippen molar-refractivity contribution in [1.82, 2.24) is 10.2 Å². The maximum atomic E-state index is 12.4. The van der Waals surface area contributed by atoms with Crippen molar-refractivity contribution >= 4 is 5.91 Å². The van der Waals surface area contributed by atoms with Crippen LogP contribution in [0.2, 0.25) is 0 Å². The lowest BCUT2D eigenvalue weighted by atomic mass is 9.93. The van der Waals surface area contributed by atoms with Crippen molar-refractivity contribution in [3.05, 3.63) is 23.7 Å². The van der Waals surface area contributed by atoms with Crippen LogP contribution in [0.15, 0.2) is 16.5 Å². The first-order valence-corrected chi connectivity index (χ1v) is 8.87. The van der Waals surface area contributed by atoms with Crippen LogP contribution in [0, 0.1) is 11.8 Å². The van der Waals surface area contributed by atoms with E-state index in [2.05, 4.69) is 12.2 Å². The van der Waals surface area contributed by atoms with Gasteiger partial charge in [0.25, 0.3) is 6.43 Å². The Balaban J connectivity index is 1.35. The third-order valence-electron chi connectivity index (χ3n) is 5.19. The summed E-state index contributed by atoms with van der Waals surface area (Å²) in [5.74, 6) is 3.38. The number of alkyl halides is 2. The Morgan fingerprint density at radius 1 is 1.38 bits per heavy atom. The largest absolute Gasteiger partial charge is 0.464 e. The van der Waals surface area contributed by atoms with Crippen LogP contribution in [0.25, 0.3) is 0 Å². The maximum Gasteiger partial charge on any atom is 0.251 e. The van der Waals surface area contributed by atoms with Gasteiger partial charge < -0.3 is 9.73 Å². The zero-order valence-electron chi connectivity index (χ0n) is 14.1. The Labute approximate surface area is 141 Å². The van der Waals surface area contributed by atoms with Crippen molar-refractivity contribution in [2.24, 2.45) is 11.8 Å². The van der Waals surface area contributed by atoms with Gasteiger partial charge in [-0.3, -0.25) is 9.69 Å². The summed E-state index contributed by atoms with van der Waals surface area (Å²) in [6.07, 6.45) is 0.996. The Morgan fingerprint density at radius 3 is 2.71 bits per heavy atom. The maximum absolute atomic E-state index is 12.4. The lowest BCUT2D eigenvalue weighted by molar-refractivity contribution is -0.122. The van der Waals surface area contributed by atoms with Crippen LogP contribution in [0.3, 0.4) is 0 Å². The highest BCUT2D eigenvalue weighted by atomic mass is 19.3. The molecule has 134 valence electrons. The van der Waals surface area contributed by atoms with E-state index in [1.54, 1.807) is 4.90 Å². The van der Waals surface area contributed by atoms with Gasteiger partial charge in [-0.25, -0.2) is 8.78 Å². The smallest absolute Gasteiger partial charge is 0.251 e. The number of nitrogens with one attached hydrogen (secondary N) is 1. The van der Waals surface area contributed by atoms with Crippen molar-refractivity contribution in [1.29, 1.82) is 0 Å². The lowest BCUT2D eigenvalue weighted by Gasteiger charge is -2.31. The number of piperidine rings is 1. The van der Waals surface area contributed by atoms with Gasteiger partial charge >= 0.3 is 0 Å². The van der Waals surface area contributed by atoms with Gasteiger partial charge in [-0.2, -0.15) is 0 Å². The van der Waals surface area contributed by atoms with E-state index in [0.29, 0.717) is 43.8 Å². The van der Waals surface area contributed by atoms with Gasteiger partial charge in [-0.15, -0.1) is 0 Å². The summed E-state index contributed by atoms with van der Waals surface area (Å²) in [6, 6.07) is 3.94. The number of likely N-dealkylation sites (tertiary alicyclic amines) is 1. The number of carbonyl (C=O) groups is 1. The van der Waals surface area contributed by atoms with Crippen LogP contribution in [-0.2, 0) is 11.3 Å². The standard InChI is InChI=1S/C18H26F2N2O2/c1-12-8-15(12)16-3-2-14(24-16)10-21-18(23)9-13-4-6-22(7-5-13)11-17(19)20/h2-3,12-13,15,17H,4-11H2,1H3,(H,21,23). The number of rotatable bonds is 7. The number of nitrogens with zero attached hydrogens (tertiary/aromatic N) is 1. The topological polar surface area (TPSA) is 45.5 Å². The van der Waals surface area contributed by atoms with Crippen molar-refractivity contribution in [2.45, 2.75) is 51.5 Å². The molecular formula is C18H26F2N2O2. The molecule has 1 aliphatic heterocycles. The quantitative estimate of drug-likeness (QED) is 0.828. The first kappa shape index (κ1) is 17.4. The number of amides is 1. The SMILES string of the molecule is CC1CC1c1ccc(CNC(=O)CC2CCN(CC(F)F)CC2)o1. The second-order valence-corrected chi connectivity index (χ2v) is 7.24. The molecule has 0 aromatic carbocycles. The van der Waals surface area contributed by atoms with Crippen molar-refractivity contribution in [3.63, 3.8) is 0 Å². The highest BCUT2D eigenvalue weighted by molar-refractivity contribution is 5.76. The van der Waals surface area contributed by atoms with Gasteiger partial charge in [-0.1, -0.05) is 6.92 Å². The molecule has 0 bridgehead atoms. The minimum Gasteiger partial charge on any atom is -0.464 e. The minimum atomic E-state index is -2.28. The Kier molecular flexibility index (Phi) is 5.54. The predicted molar refractivity (Wildman–Crippen MR) is 86.9 cm³/mol. The number of halogens is 2. The van der Waals surface area contributed by atoms with Crippen molar-refractivity contribution in [2.75, 3.05) is 19.6 Å². The molecule has 3 rings (SSSR count). The summed E-state index contributed by atoms with van der Waals surface area (Å²) in [7, 11) is 0. The van der Waals surface area contributed by atoms with Crippen LogP contribution in [0.4, 0.5) is 8.78 Å². The highest BCUT2D eigenvalue weighted by Crippen LogP contribution is 2.47. The molecule has 1 N–H and O–H groups in total. The molecule has 2 heterocycles. The second kappa shape index (κ2) is 7.64. The molecule has 1 amide bonds. The monoisotopic (exact) mass is 340 g/mol. The normalized spacial score (nSPS) is 25.2. The fourth-order valence-electron chi connectivity index (χ4n) is 3.50. The van der Waals surface area contributed by atoms with E-state index in [9.17, 15) is 13.6 Å². The average Bonchev–Trinajstić information content (AvgIpc) is 3.08. The van der Waals surface area contributed by atoms with Gasteiger partial charge in [0, 0.05) is 12.3 Å². The second-order valence-electron chi connectivity index (χ2n) is 7.24. The van der Waals surface area contributed by atoms with Crippen LogP contribution < -0.4 is 5.32 Å². The summed E-state index contributed by atoms with van der Waals surface area (Å²) in [5.41, 5.74) is 0. The first-order chi connectivity index (χ1) is 11.5. The van der Waals surface area contributed by atoms with E-state index < -0.39 is 6.43 Å². The third-order valence-corrected chi connectivity index (χ3v) is 5.19. The fourth-order valence-corrected chi connectivity index (χ4v) is 3.50. The third kappa shape index (κ3) is 4.79. The zero-order chi connectivity index (χ0) is 17.1. The van der Waals surface area contributed by atoms with E-state index in [4.69, 9.17) is 4.42 Å². The minimum absolute atomic E-state index is 0.0139. The molecule has 1 saturated heterocycles. The summed E-state index contributed by atoms with van der Waals surface area (Å²) in [5, 5.41) is 2.91. The molecule has 2 unspecified atom stereocenters. The average molecular weight is 340 g/mol. The van der Waals surface area contributed by atoms with Gasteiger partial charge in [-0.05, 0) is 56.3 Å². The van der Waals surface area contributed by atoms with E-state index in [1.807, 2.05) is 12.1 Å². The highest BCUT2D eigenvalue weighted by Gasteiger charge is 2.36. The molecule has 0 spiro atoms. The van der Waals surface area contributed by atoms with Crippen LogP contribution in [0.1, 0.15) is 50.0 Å². The molecule has 6 heteroatoms. The van der Waals surface area contributed by atoms with E-state index >= 15 is 0 Å². The lowest BCUT2D eigenvalue weighted by Crippen LogP contribution is -2.38. The molecule has 2 aliphatic rings. The van der Waals surface area contributed by atoms with Crippen LogP contribution in [0.5, 0.6) is 0 Å². The molecule has 2 fully saturated rings. The summed E-state index contributed by atoms with van der Waals surface area (Å²) < 4.78 is 30.5. The molecule has 1 aromatic heterocycles.